The second kappa shape index (κ2) is 5.40. The number of fused-ring (bicyclic) bond motifs is 5. The van der Waals surface area contributed by atoms with Gasteiger partial charge in [-0.2, -0.15) is 0 Å². The summed E-state index contributed by atoms with van der Waals surface area (Å²) in [5, 5.41) is 23.4. The molecule has 2 N–H and O–H groups in total. The van der Waals surface area contributed by atoms with E-state index in [9.17, 15) is 10.2 Å². The van der Waals surface area contributed by atoms with Gasteiger partial charge >= 0.3 is 0 Å². The van der Waals surface area contributed by atoms with Crippen LogP contribution in [0, 0.1) is 40.9 Å². The summed E-state index contributed by atoms with van der Waals surface area (Å²) in [6.45, 7) is 6.46. The summed E-state index contributed by atoms with van der Waals surface area (Å²) >= 11 is 0. The Morgan fingerprint density at radius 3 is 2.58 bits per heavy atom. The minimum atomic E-state index is -1.07. The lowest BCUT2D eigenvalue weighted by atomic mass is 9.45. The molecule has 3 nitrogen and oxygen atoms in total. The molecule has 0 bridgehead atoms. The number of hydrogen-bond acceptors (Lipinski definition) is 3. The zero-order valence-corrected chi connectivity index (χ0v) is 16.5. The predicted octanol–water partition coefficient (Wildman–Crippen LogP) is 3.81. The number of terminal acetylenes is 1. The van der Waals surface area contributed by atoms with Crippen molar-refractivity contribution in [2.45, 2.75) is 70.5 Å². The van der Waals surface area contributed by atoms with E-state index in [0.29, 0.717) is 6.42 Å². The molecule has 0 radical (unpaired) electrons. The van der Waals surface area contributed by atoms with Crippen LogP contribution in [0.5, 0.6) is 0 Å². The van der Waals surface area contributed by atoms with Crippen LogP contribution in [-0.4, -0.2) is 28.5 Å². The second-order valence-electron chi connectivity index (χ2n) is 9.64. The Bertz CT molecular complexity index is 730. The Labute approximate surface area is 157 Å². The molecule has 0 saturated heterocycles. The van der Waals surface area contributed by atoms with Crippen molar-refractivity contribution in [3.05, 3.63) is 23.5 Å². The normalized spacial score (nSPS) is 52.7. The topological polar surface area (TPSA) is 49.7 Å². The molecule has 0 aromatic carbocycles. The van der Waals surface area contributed by atoms with Crippen molar-refractivity contribution in [3.63, 3.8) is 0 Å². The Kier molecular flexibility index (Phi) is 3.76. The van der Waals surface area contributed by atoms with E-state index >= 15 is 0 Å². The maximum absolute atomic E-state index is 12.1. The van der Waals surface area contributed by atoms with Gasteiger partial charge in [-0.3, -0.25) is 0 Å². The third-order valence-electron chi connectivity index (χ3n) is 8.99. The van der Waals surface area contributed by atoms with E-state index in [1.165, 1.54) is 5.57 Å². The molecule has 2 fully saturated rings. The molecule has 0 amide bonds. The number of aliphatic hydroxyl groups is 2. The van der Waals surface area contributed by atoms with Gasteiger partial charge in [0.1, 0.15) is 5.60 Å². The molecule has 7 atom stereocenters. The van der Waals surface area contributed by atoms with Crippen LogP contribution in [0.15, 0.2) is 23.5 Å². The van der Waals surface area contributed by atoms with Gasteiger partial charge in [0.25, 0.3) is 0 Å². The SMILES string of the molecule is C#C[C@]1(O)[C@@H](C)C[C@H]2[C@@H]3CC=C4C=C(OC)CC[C@]4(C)[C@@]3(O)CC[C@@]21C. The lowest BCUT2D eigenvalue weighted by Gasteiger charge is -2.62. The number of methoxy groups -OCH3 is 1. The molecule has 4 aliphatic carbocycles. The molecule has 0 aliphatic heterocycles. The monoisotopic (exact) mass is 356 g/mol. The summed E-state index contributed by atoms with van der Waals surface area (Å²) in [5.74, 6) is 4.22. The van der Waals surface area contributed by atoms with E-state index in [4.69, 9.17) is 11.2 Å². The van der Waals surface area contributed by atoms with Gasteiger partial charge in [0.2, 0.25) is 0 Å². The number of ether oxygens (including phenoxy) is 1. The van der Waals surface area contributed by atoms with Crippen LogP contribution in [0.4, 0.5) is 0 Å². The second-order valence-corrected chi connectivity index (χ2v) is 9.64. The fraction of sp³-hybridized carbons (Fsp3) is 0.739. The zero-order valence-electron chi connectivity index (χ0n) is 16.5. The Morgan fingerprint density at radius 1 is 1.19 bits per heavy atom. The molecule has 3 heteroatoms. The Balaban J connectivity index is 1.79. The third kappa shape index (κ3) is 1.88. The van der Waals surface area contributed by atoms with Gasteiger partial charge in [-0.05, 0) is 61.5 Å². The summed E-state index contributed by atoms with van der Waals surface area (Å²) in [5.41, 5.74) is -1.15. The van der Waals surface area contributed by atoms with Gasteiger partial charge < -0.3 is 14.9 Å². The maximum atomic E-state index is 12.1. The quantitative estimate of drug-likeness (QED) is 0.702. The molecule has 0 aromatic rings. The van der Waals surface area contributed by atoms with E-state index in [1.807, 2.05) is 0 Å². The molecular weight excluding hydrogens is 324 g/mol. The van der Waals surface area contributed by atoms with Crippen LogP contribution in [-0.2, 0) is 4.74 Å². The summed E-state index contributed by atoms with van der Waals surface area (Å²) < 4.78 is 5.48. The van der Waals surface area contributed by atoms with Crippen molar-refractivity contribution in [3.8, 4) is 12.3 Å². The van der Waals surface area contributed by atoms with Gasteiger partial charge in [-0.15, -0.1) is 6.42 Å². The van der Waals surface area contributed by atoms with E-state index in [0.717, 1.165) is 37.9 Å². The van der Waals surface area contributed by atoms with E-state index in [2.05, 4.69) is 38.8 Å². The van der Waals surface area contributed by atoms with Crippen molar-refractivity contribution in [1.82, 2.24) is 0 Å². The minimum Gasteiger partial charge on any atom is -0.501 e. The average molecular weight is 357 g/mol. The highest BCUT2D eigenvalue weighted by Gasteiger charge is 2.69. The largest absolute Gasteiger partial charge is 0.501 e. The van der Waals surface area contributed by atoms with Crippen molar-refractivity contribution in [1.29, 1.82) is 0 Å². The summed E-state index contributed by atoms with van der Waals surface area (Å²) in [7, 11) is 1.72. The zero-order chi connectivity index (χ0) is 19.0. The van der Waals surface area contributed by atoms with Crippen LogP contribution in [0.1, 0.15) is 59.3 Å². The fourth-order valence-corrected chi connectivity index (χ4v) is 7.05. The van der Waals surface area contributed by atoms with Gasteiger partial charge in [-0.1, -0.05) is 32.8 Å². The van der Waals surface area contributed by atoms with Gasteiger partial charge in [0.15, 0.2) is 0 Å². The molecular formula is C23H32O3. The van der Waals surface area contributed by atoms with Gasteiger partial charge in [-0.25, -0.2) is 0 Å². The van der Waals surface area contributed by atoms with Crippen LogP contribution in [0.25, 0.3) is 0 Å². The lowest BCUT2D eigenvalue weighted by molar-refractivity contribution is -0.194. The van der Waals surface area contributed by atoms with Crippen molar-refractivity contribution >= 4 is 0 Å². The molecule has 26 heavy (non-hydrogen) atoms. The lowest BCUT2D eigenvalue weighted by Crippen LogP contribution is -2.63. The number of hydrogen-bond donors (Lipinski definition) is 2. The highest BCUT2D eigenvalue weighted by Crippen LogP contribution is 2.69. The fourth-order valence-electron chi connectivity index (χ4n) is 7.05. The summed E-state index contributed by atoms with van der Waals surface area (Å²) in [6.07, 6.45) is 15.3. The average Bonchev–Trinajstić information content (AvgIpc) is 2.83. The van der Waals surface area contributed by atoms with Crippen molar-refractivity contribution in [2.24, 2.45) is 28.6 Å². The Hall–Kier alpha value is -1.24. The standard InChI is InChI=1S/C23H32O3/c1-6-22(24)15(2)13-19-18-8-7-16-14-17(26-5)9-10-20(16,3)23(18,25)12-11-21(19,22)4/h1,7,14-15,18-19,24-25H,8-13H2,2-5H3/t15-,18-,19-,20-,21-,22-,23+/m0/s1. The maximum Gasteiger partial charge on any atom is 0.133 e. The summed E-state index contributed by atoms with van der Waals surface area (Å²) in [4.78, 5) is 0. The molecule has 0 aromatic heterocycles. The van der Waals surface area contributed by atoms with Crippen LogP contribution in [0.2, 0.25) is 0 Å². The molecule has 4 rings (SSSR count). The predicted molar refractivity (Wildman–Crippen MR) is 102 cm³/mol. The molecule has 0 spiro atoms. The van der Waals surface area contributed by atoms with Crippen LogP contribution < -0.4 is 0 Å². The number of rotatable bonds is 1. The first-order valence-corrected chi connectivity index (χ1v) is 10.0. The van der Waals surface area contributed by atoms with Gasteiger partial charge in [0, 0.05) is 17.3 Å². The van der Waals surface area contributed by atoms with Gasteiger partial charge in [0.05, 0.1) is 18.5 Å². The smallest absolute Gasteiger partial charge is 0.133 e. The van der Waals surface area contributed by atoms with Crippen molar-refractivity contribution in [2.75, 3.05) is 7.11 Å². The van der Waals surface area contributed by atoms with E-state index in [-0.39, 0.29) is 28.6 Å². The third-order valence-corrected chi connectivity index (χ3v) is 8.99. The first-order valence-electron chi connectivity index (χ1n) is 10.0. The van der Waals surface area contributed by atoms with Crippen LogP contribution >= 0.6 is 0 Å². The molecule has 4 aliphatic rings. The van der Waals surface area contributed by atoms with Crippen molar-refractivity contribution < 1.29 is 14.9 Å². The molecule has 0 unspecified atom stereocenters. The molecule has 2 saturated carbocycles. The molecule has 142 valence electrons. The Morgan fingerprint density at radius 2 is 1.92 bits per heavy atom. The van der Waals surface area contributed by atoms with E-state index < -0.39 is 11.2 Å². The van der Waals surface area contributed by atoms with Crippen LogP contribution in [0.3, 0.4) is 0 Å². The molecule has 0 heterocycles. The minimum absolute atomic E-state index is 0.0642. The summed E-state index contributed by atoms with van der Waals surface area (Å²) in [6, 6.07) is 0. The first kappa shape index (κ1) is 18.1. The highest BCUT2D eigenvalue weighted by atomic mass is 16.5. The first-order chi connectivity index (χ1) is 12.2. The van der Waals surface area contributed by atoms with E-state index in [1.54, 1.807) is 7.11 Å². The highest BCUT2D eigenvalue weighted by molar-refractivity contribution is 5.40. The number of allylic oxidation sites excluding steroid dienone is 3.